The number of hydrogen-bond donors (Lipinski definition) is 0. The maximum absolute atomic E-state index is 12.7. The molecular weight excluding hydrogens is 399 g/mol. The molecule has 3 heterocycles. The highest BCUT2D eigenvalue weighted by atomic mass is 19.4. The second-order valence-electron chi connectivity index (χ2n) is 6.55. The summed E-state index contributed by atoms with van der Waals surface area (Å²) in [6.07, 6.45) is -1.17. The number of nitrogens with zero attached hydrogens (tertiary/aromatic N) is 5. The molecule has 0 aliphatic carbocycles. The van der Waals surface area contributed by atoms with Crippen LogP contribution in [0.2, 0.25) is 0 Å². The van der Waals surface area contributed by atoms with Crippen molar-refractivity contribution in [3.05, 3.63) is 65.7 Å². The van der Waals surface area contributed by atoms with Crippen molar-refractivity contribution in [2.75, 3.05) is 0 Å². The first-order valence-electron chi connectivity index (χ1n) is 8.89. The molecule has 0 atom stereocenters. The maximum Gasteiger partial charge on any atom is 0.416 e. The Bertz CT molecular complexity index is 1150. The van der Waals surface area contributed by atoms with E-state index in [0.717, 1.165) is 17.8 Å². The van der Waals surface area contributed by atoms with E-state index in [9.17, 15) is 13.2 Å². The molecule has 0 aliphatic heterocycles. The molecule has 7 nitrogen and oxygen atoms in total. The SMILES string of the molecule is Cc1ccc(-c2noc(-c3cnn(C)c3COc3ccc(C(F)(F)F)cc3)n2)cn1. The minimum absolute atomic E-state index is 0.0565. The highest BCUT2D eigenvalue weighted by molar-refractivity contribution is 5.60. The van der Waals surface area contributed by atoms with E-state index in [1.54, 1.807) is 24.1 Å². The number of rotatable bonds is 5. The predicted molar refractivity (Wildman–Crippen MR) is 100 cm³/mol. The van der Waals surface area contributed by atoms with Crippen LogP contribution in [0.25, 0.3) is 22.8 Å². The number of halogens is 3. The van der Waals surface area contributed by atoms with Crippen molar-refractivity contribution in [3.63, 3.8) is 0 Å². The molecule has 154 valence electrons. The van der Waals surface area contributed by atoms with E-state index in [1.807, 2.05) is 19.1 Å². The van der Waals surface area contributed by atoms with Gasteiger partial charge in [-0.15, -0.1) is 0 Å². The third-order valence-electron chi connectivity index (χ3n) is 4.44. The summed E-state index contributed by atoms with van der Waals surface area (Å²) in [4.78, 5) is 8.61. The Morgan fingerprint density at radius 2 is 1.83 bits per heavy atom. The minimum atomic E-state index is -4.39. The van der Waals surface area contributed by atoms with Gasteiger partial charge in [0.25, 0.3) is 5.89 Å². The summed E-state index contributed by atoms with van der Waals surface area (Å²) < 4.78 is 50.7. The van der Waals surface area contributed by atoms with Crippen LogP contribution in [0.4, 0.5) is 13.2 Å². The summed E-state index contributed by atoms with van der Waals surface area (Å²) in [5.74, 6) is 0.938. The molecular formula is C20H16F3N5O2. The van der Waals surface area contributed by atoms with E-state index in [-0.39, 0.29) is 12.5 Å². The molecule has 0 saturated carbocycles. The number of aromatic nitrogens is 5. The van der Waals surface area contributed by atoms with Gasteiger partial charge in [-0.2, -0.15) is 23.3 Å². The Labute approximate surface area is 169 Å². The fourth-order valence-electron chi connectivity index (χ4n) is 2.75. The molecule has 0 unspecified atom stereocenters. The third kappa shape index (κ3) is 4.02. The Kier molecular flexibility index (Phi) is 4.98. The van der Waals surface area contributed by atoms with Crippen LogP contribution in [0.5, 0.6) is 5.75 Å². The number of ether oxygens (including phenoxy) is 1. The van der Waals surface area contributed by atoms with Gasteiger partial charge in [-0.25, -0.2) is 0 Å². The zero-order valence-electron chi connectivity index (χ0n) is 16.0. The lowest BCUT2D eigenvalue weighted by Crippen LogP contribution is -2.06. The molecule has 0 aliphatic rings. The van der Waals surface area contributed by atoms with Crippen molar-refractivity contribution in [1.82, 2.24) is 24.9 Å². The van der Waals surface area contributed by atoms with Gasteiger partial charge in [-0.1, -0.05) is 5.16 Å². The second kappa shape index (κ2) is 7.62. The van der Waals surface area contributed by atoms with Crippen LogP contribution in [0, 0.1) is 6.92 Å². The Hall–Kier alpha value is -3.69. The molecule has 3 aromatic heterocycles. The summed E-state index contributed by atoms with van der Waals surface area (Å²) >= 11 is 0. The fraction of sp³-hybridized carbons (Fsp3) is 0.200. The second-order valence-corrected chi connectivity index (χ2v) is 6.55. The molecule has 0 fully saturated rings. The normalized spacial score (nSPS) is 11.6. The molecule has 0 amide bonds. The lowest BCUT2D eigenvalue weighted by atomic mass is 10.2. The molecule has 0 N–H and O–H groups in total. The third-order valence-corrected chi connectivity index (χ3v) is 4.44. The number of benzene rings is 1. The molecule has 10 heteroatoms. The molecule has 0 saturated heterocycles. The van der Waals surface area contributed by atoms with E-state index in [4.69, 9.17) is 9.26 Å². The predicted octanol–water partition coefficient (Wildman–Crippen LogP) is 4.44. The van der Waals surface area contributed by atoms with Gasteiger partial charge in [-0.3, -0.25) is 9.67 Å². The zero-order valence-corrected chi connectivity index (χ0v) is 16.0. The topological polar surface area (TPSA) is 78.9 Å². The lowest BCUT2D eigenvalue weighted by molar-refractivity contribution is -0.137. The molecule has 4 aromatic rings. The number of aryl methyl sites for hydroxylation is 2. The summed E-state index contributed by atoms with van der Waals surface area (Å²) in [5.41, 5.74) is 2.05. The van der Waals surface area contributed by atoms with Gasteiger partial charge in [-0.05, 0) is 43.3 Å². The van der Waals surface area contributed by atoms with Crippen LogP contribution in [0.1, 0.15) is 17.0 Å². The highest BCUT2D eigenvalue weighted by Gasteiger charge is 2.30. The largest absolute Gasteiger partial charge is 0.487 e. The summed E-state index contributed by atoms with van der Waals surface area (Å²) in [5, 5.41) is 8.18. The van der Waals surface area contributed by atoms with Gasteiger partial charge in [0.1, 0.15) is 12.4 Å². The zero-order chi connectivity index (χ0) is 21.3. The van der Waals surface area contributed by atoms with Crippen LogP contribution in [-0.4, -0.2) is 24.9 Å². The average molecular weight is 415 g/mol. The monoisotopic (exact) mass is 415 g/mol. The van der Waals surface area contributed by atoms with Crippen LogP contribution in [-0.2, 0) is 19.8 Å². The van der Waals surface area contributed by atoms with Crippen LogP contribution < -0.4 is 4.74 Å². The van der Waals surface area contributed by atoms with E-state index in [0.29, 0.717) is 28.4 Å². The van der Waals surface area contributed by atoms with Crippen molar-refractivity contribution in [2.45, 2.75) is 19.7 Å². The first-order chi connectivity index (χ1) is 14.3. The number of hydrogen-bond acceptors (Lipinski definition) is 6. The Balaban J connectivity index is 1.53. The number of pyridine rings is 1. The minimum Gasteiger partial charge on any atom is -0.487 e. The molecule has 30 heavy (non-hydrogen) atoms. The first-order valence-corrected chi connectivity index (χ1v) is 8.89. The molecule has 0 radical (unpaired) electrons. The average Bonchev–Trinajstić information content (AvgIpc) is 3.33. The van der Waals surface area contributed by atoms with Crippen molar-refractivity contribution >= 4 is 0 Å². The van der Waals surface area contributed by atoms with Gasteiger partial charge < -0.3 is 9.26 Å². The fourth-order valence-corrected chi connectivity index (χ4v) is 2.75. The van der Waals surface area contributed by atoms with Crippen molar-refractivity contribution in [1.29, 1.82) is 0 Å². The van der Waals surface area contributed by atoms with E-state index in [1.165, 1.54) is 12.1 Å². The molecule has 1 aromatic carbocycles. The van der Waals surface area contributed by atoms with Gasteiger partial charge in [0.15, 0.2) is 0 Å². The standard InChI is InChI=1S/C20H16F3N5O2/c1-12-3-4-13(9-24-12)18-26-19(30-27-18)16-10-25-28(2)17(16)11-29-15-7-5-14(6-8-15)20(21,22)23/h3-10H,11H2,1-2H3. The van der Waals surface area contributed by atoms with Gasteiger partial charge in [0, 0.05) is 24.5 Å². The van der Waals surface area contributed by atoms with Crippen molar-refractivity contribution in [2.24, 2.45) is 7.05 Å². The molecule has 0 spiro atoms. The van der Waals surface area contributed by atoms with Gasteiger partial charge >= 0.3 is 6.18 Å². The van der Waals surface area contributed by atoms with Gasteiger partial charge in [0.05, 0.1) is 23.0 Å². The van der Waals surface area contributed by atoms with Crippen molar-refractivity contribution < 1.29 is 22.4 Å². The van der Waals surface area contributed by atoms with Crippen LogP contribution in [0.3, 0.4) is 0 Å². The van der Waals surface area contributed by atoms with Crippen molar-refractivity contribution in [3.8, 4) is 28.6 Å². The van der Waals surface area contributed by atoms with Gasteiger partial charge in [0.2, 0.25) is 5.82 Å². The van der Waals surface area contributed by atoms with Crippen LogP contribution >= 0.6 is 0 Å². The van der Waals surface area contributed by atoms with E-state index < -0.39 is 11.7 Å². The Morgan fingerprint density at radius 1 is 1.07 bits per heavy atom. The Morgan fingerprint density at radius 3 is 2.50 bits per heavy atom. The molecule has 0 bridgehead atoms. The summed E-state index contributed by atoms with van der Waals surface area (Å²) in [6.45, 7) is 1.94. The highest BCUT2D eigenvalue weighted by Crippen LogP contribution is 2.31. The quantitative estimate of drug-likeness (QED) is 0.480. The first kappa shape index (κ1) is 19.6. The maximum atomic E-state index is 12.7. The lowest BCUT2D eigenvalue weighted by Gasteiger charge is -2.10. The number of alkyl halides is 3. The smallest absolute Gasteiger partial charge is 0.416 e. The van der Waals surface area contributed by atoms with E-state index >= 15 is 0 Å². The summed E-state index contributed by atoms with van der Waals surface area (Å²) in [6, 6.07) is 8.18. The molecule has 4 rings (SSSR count). The van der Waals surface area contributed by atoms with E-state index in [2.05, 4.69) is 20.2 Å². The van der Waals surface area contributed by atoms with Crippen LogP contribution in [0.15, 0.2) is 53.3 Å². The summed E-state index contributed by atoms with van der Waals surface area (Å²) in [7, 11) is 1.72.